The van der Waals surface area contributed by atoms with Crippen LogP contribution in [0.2, 0.25) is 0 Å². The molecule has 1 amide bonds. The Morgan fingerprint density at radius 1 is 1.53 bits per heavy atom. The van der Waals surface area contributed by atoms with Crippen LogP contribution in [0.5, 0.6) is 0 Å². The number of likely N-dealkylation sites (tertiary alicyclic amines) is 1. The molecule has 0 saturated carbocycles. The van der Waals surface area contributed by atoms with Crippen molar-refractivity contribution in [2.24, 2.45) is 11.7 Å². The maximum Gasteiger partial charge on any atom is 0.303 e. The van der Waals surface area contributed by atoms with Crippen molar-refractivity contribution in [2.75, 3.05) is 26.8 Å². The van der Waals surface area contributed by atoms with E-state index >= 15 is 0 Å². The Balaban J connectivity index is 2.40. The van der Waals surface area contributed by atoms with E-state index in [-0.39, 0.29) is 18.2 Å². The maximum absolute atomic E-state index is 12.1. The van der Waals surface area contributed by atoms with Gasteiger partial charge in [-0.3, -0.25) is 9.59 Å². The van der Waals surface area contributed by atoms with E-state index in [0.717, 1.165) is 19.3 Å². The van der Waals surface area contributed by atoms with Gasteiger partial charge in [0.2, 0.25) is 5.91 Å². The van der Waals surface area contributed by atoms with Gasteiger partial charge in [0.15, 0.2) is 0 Å². The molecule has 0 spiro atoms. The Hall–Kier alpha value is -1.14. The first-order chi connectivity index (χ1) is 9.04. The van der Waals surface area contributed by atoms with E-state index in [1.807, 2.05) is 0 Å². The normalized spacial score (nSPS) is 21.2. The topological polar surface area (TPSA) is 92.9 Å². The van der Waals surface area contributed by atoms with Crippen LogP contribution in [0.3, 0.4) is 0 Å². The second-order valence-electron chi connectivity index (χ2n) is 5.13. The lowest BCUT2D eigenvalue weighted by Crippen LogP contribution is -2.48. The number of amides is 1. The monoisotopic (exact) mass is 272 g/mol. The molecule has 19 heavy (non-hydrogen) atoms. The van der Waals surface area contributed by atoms with Crippen molar-refractivity contribution in [1.82, 2.24) is 4.90 Å². The Morgan fingerprint density at radius 2 is 2.26 bits per heavy atom. The summed E-state index contributed by atoms with van der Waals surface area (Å²) in [5, 5.41) is 8.80. The van der Waals surface area contributed by atoms with Gasteiger partial charge < -0.3 is 20.5 Å². The van der Waals surface area contributed by atoms with Gasteiger partial charge in [-0.1, -0.05) is 0 Å². The zero-order chi connectivity index (χ0) is 14.3. The Bertz CT molecular complexity index is 309. The van der Waals surface area contributed by atoms with Crippen molar-refractivity contribution >= 4 is 11.9 Å². The third kappa shape index (κ3) is 5.57. The molecule has 2 atom stereocenters. The van der Waals surface area contributed by atoms with Gasteiger partial charge in [-0.25, -0.2) is 0 Å². The number of carbonyl (C=O) groups excluding carboxylic acids is 1. The van der Waals surface area contributed by atoms with E-state index in [0.29, 0.717) is 26.1 Å². The number of carboxylic acids is 1. The highest BCUT2D eigenvalue weighted by molar-refractivity contribution is 5.81. The number of nitrogens with two attached hydrogens (primary N) is 1. The van der Waals surface area contributed by atoms with Gasteiger partial charge in [-0.05, 0) is 31.6 Å². The average molecular weight is 272 g/mol. The zero-order valence-electron chi connectivity index (χ0n) is 11.5. The van der Waals surface area contributed by atoms with E-state index in [9.17, 15) is 9.59 Å². The van der Waals surface area contributed by atoms with Crippen LogP contribution in [0.1, 0.15) is 32.1 Å². The van der Waals surface area contributed by atoms with Crippen molar-refractivity contribution in [2.45, 2.75) is 38.1 Å². The second kappa shape index (κ2) is 8.12. The Morgan fingerprint density at radius 3 is 2.89 bits per heavy atom. The van der Waals surface area contributed by atoms with Gasteiger partial charge in [0.05, 0.1) is 6.04 Å². The molecule has 1 rings (SSSR count). The number of methoxy groups -OCH3 is 1. The summed E-state index contributed by atoms with van der Waals surface area (Å²) in [7, 11) is 1.62. The number of hydrogen-bond acceptors (Lipinski definition) is 4. The van der Waals surface area contributed by atoms with Gasteiger partial charge in [0, 0.05) is 33.2 Å². The number of ether oxygens (including phenoxy) is 1. The van der Waals surface area contributed by atoms with Crippen molar-refractivity contribution in [3.05, 3.63) is 0 Å². The third-order valence-electron chi connectivity index (χ3n) is 3.47. The number of carbonyl (C=O) groups is 2. The van der Waals surface area contributed by atoms with Crippen LogP contribution < -0.4 is 5.73 Å². The highest BCUT2D eigenvalue weighted by Crippen LogP contribution is 2.20. The van der Waals surface area contributed by atoms with Crippen molar-refractivity contribution in [3.63, 3.8) is 0 Å². The quantitative estimate of drug-likeness (QED) is 0.657. The minimum absolute atomic E-state index is 0.0568. The molecular formula is C13H24N2O4. The predicted molar refractivity (Wildman–Crippen MR) is 70.6 cm³/mol. The Kier molecular flexibility index (Phi) is 6.80. The summed E-state index contributed by atoms with van der Waals surface area (Å²) in [5.74, 6) is -0.809. The third-order valence-corrected chi connectivity index (χ3v) is 3.47. The predicted octanol–water partition coefficient (Wildman–Crippen LogP) is 0.454. The number of nitrogens with zero attached hydrogens (tertiary/aromatic N) is 1. The lowest BCUT2D eigenvalue weighted by Gasteiger charge is -2.33. The van der Waals surface area contributed by atoms with Gasteiger partial charge >= 0.3 is 5.97 Å². The number of aliphatic carboxylic acids is 1. The van der Waals surface area contributed by atoms with E-state index in [1.54, 1.807) is 12.0 Å². The first kappa shape index (κ1) is 15.9. The highest BCUT2D eigenvalue weighted by Gasteiger charge is 2.27. The summed E-state index contributed by atoms with van der Waals surface area (Å²) in [4.78, 5) is 24.6. The van der Waals surface area contributed by atoms with E-state index in [2.05, 4.69) is 0 Å². The first-order valence-corrected chi connectivity index (χ1v) is 6.79. The average Bonchev–Trinajstić information content (AvgIpc) is 2.37. The second-order valence-corrected chi connectivity index (χ2v) is 5.13. The van der Waals surface area contributed by atoms with Crippen LogP contribution in [-0.4, -0.2) is 54.7 Å². The molecule has 1 aliphatic rings. The fraction of sp³-hybridized carbons (Fsp3) is 0.846. The fourth-order valence-electron chi connectivity index (χ4n) is 2.48. The first-order valence-electron chi connectivity index (χ1n) is 6.79. The van der Waals surface area contributed by atoms with Gasteiger partial charge in [-0.2, -0.15) is 0 Å². The molecule has 110 valence electrons. The molecule has 0 radical (unpaired) electrons. The lowest BCUT2D eigenvalue weighted by atomic mass is 9.94. The van der Waals surface area contributed by atoms with E-state index in [4.69, 9.17) is 15.6 Å². The maximum atomic E-state index is 12.1. The molecule has 0 aromatic carbocycles. The standard InChI is InChI=1S/C13H24N2O4/c1-19-7-3-5-11(14)13(18)15-6-2-4-10(9-15)8-12(16)17/h10-11H,2-9,14H2,1H3,(H,16,17). The van der Waals surface area contributed by atoms with Crippen LogP contribution in [-0.2, 0) is 14.3 Å². The molecule has 0 bridgehead atoms. The number of hydrogen-bond donors (Lipinski definition) is 2. The van der Waals surface area contributed by atoms with Crippen molar-refractivity contribution < 1.29 is 19.4 Å². The van der Waals surface area contributed by atoms with Crippen LogP contribution >= 0.6 is 0 Å². The SMILES string of the molecule is COCCCC(N)C(=O)N1CCCC(CC(=O)O)C1. The van der Waals surface area contributed by atoms with E-state index < -0.39 is 12.0 Å². The summed E-state index contributed by atoms with van der Waals surface area (Å²) >= 11 is 0. The molecule has 1 aliphatic heterocycles. The summed E-state index contributed by atoms with van der Waals surface area (Å²) in [6, 6.07) is -0.501. The Labute approximate surface area is 113 Å². The smallest absolute Gasteiger partial charge is 0.303 e. The van der Waals surface area contributed by atoms with Crippen LogP contribution in [0.15, 0.2) is 0 Å². The van der Waals surface area contributed by atoms with Gasteiger partial charge in [-0.15, -0.1) is 0 Å². The number of rotatable bonds is 7. The molecule has 6 nitrogen and oxygen atoms in total. The van der Waals surface area contributed by atoms with Gasteiger partial charge in [0.1, 0.15) is 0 Å². The lowest BCUT2D eigenvalue weighted by molar-refractivity contribution is -0.141. The van der Waals surface area contributed by atoms with Crippen molar-refractivity contribution in [3.8, 4) is 0 Å². The molecule has 2 unspecified atom stereocenters. The molecule has 1 heterocycles. The van der Waals surface area contributed by atoms with Crippen LogP contribution in [0.4, 0.5) is 0 Å². The molecule has 0 aromatic rings. The van der Waals surface area contributed by atoms with Crippen molar-refractivity contribution in [1.29, 1.82) is 0 Å². The summed E-state index contributed by atoms with van der Waals surface area (Å²) < 4.78 is 4.93. The van der Waals surface area contributed by atoms with Crippen LogP contribution in [0, 0.1) is 5.92 Å². The molecule has 1 fully saturated rings. The number of piperidine rings is 1. The summed E-state index contributed by atoms with van der Waals surface area (Å²) in [6.45, 7) is 1.80. The van der Waals surface area contributed by atoms with Gasteiger partial charge in [0.25, 0.3) is 0 Å². The minimum atomic E-state index is -0.802. The molecule has 6 heteroatoms. The van der Waals surface area contributed by atoms with Crippen LogP contribution in [0.25, 0.3) is 0 Å². The molecule has 1 saturated heterocycles. The number of carboxylic acid groups (broad SMARTS) is 1. The molecular weight excluding hydrogens is 248 g/mol. The summed E-state index contributed by atoms with van der Waals surface area (Å²) in [6.07, 6.45) is 3.22. The summed E-state index contributed by atoms with van der Waals surface area (Å²) in [5.41, 5.74) is 5.87. The molecule has 0 aromatic heterocycles. The zero-order valence-corrected chi connectivity index (χ0v) is 11.5. The fourth-order valence-corrected chi connectivity index (χ4v) is 2.48. The molecule has 0 aliphatic carbocycles. The highest BCUT2D eigenvalue weighted by atomic mass is 16.5. The largest absolute Gasteiger partial charge is 0.481 e. The molecule has 3 N–H and O–H groups in total. The minimum Gasteiger partial charge on any atom is -0.481 e. The van der Waals surface area contributed by atoms with E-state index in [1.165, 1.54) is 0 Å².